The highest BCUT2D eigenvalue weighted by Gasteiger charge is 2.15. The van der Waals surface area contributed by atoms with Crippen LogP contribution in [0.1, 0.15) is 11.6 Å². The minimum absolute atomic E-state index is 0.605. The Bertz CT molecular complexity index is 963. The maximum absolute atomic E-state index is 5.87. The van der Waals surface area contributed by atoms with Gasteiger partial charge in [-0.2, -0.15) is 0 Å². The zero-order valence-electron chi connectivity index (χ0n) is 15.3. The number of aromatic nitrogens is 4. The van der Waals surface area contributed by atoms with E-state index in [0.717, 1.165) is 53.3 Å². The first kappa shape index (κ1) is 16.8. The third kappa shape index (κ3) is 2.98. The fourth-order valence-electron chi connectivity index (χ4n) is 3.47. The molecule has 4 rings (SSSR count). The molecule has 0 saturated carbocycles. The number of aryl methyl sites for hydroxylation is 2. The van der Waals surface area contributed by atoms with Crippen LogP contribution in [-0.4, -0.2) is 37.1 Å². The van der Waals surface area contributed by atoms with E-state index < -0.39 is 0 Å². The van der Waals surface area contributed by atoms with Gasteiger partial charge in [-0.25, -0.2) is 9.97 Å². The Morgan fingerprint density at radius 1 is 0.808 bits per heavy atom. The highest BCUT2D eigenvalue weighted by Crippen LogP contribution is 2.18. The number of hydrogen-bond donors (Lipinski definition) is 1. The molecule has 0 aliphatic carbocycles. The maximum atomic E-state index is 5.87. The van der Waals surface area contributed by atoms with Crippen molar-refractivity contribution in [2.24, 2.45) is 19.8 Å². The molecule has 0 bridgehead atoms. The van der Waals surface area contributed by atoms with Crippen molar-refractivity contribution in [2.45, 2.75) is 13.1 Å². The quantitative estimate of drug-likeness (QED) is 0.581. The maximum Gasteiger partial charge on any atom is 0.123 e. The van der Waals surface area contributed by atoms with Crippen LogP contribution >= 0.6 is 0 Å². The zero-order valence-corrected chi connectivity index (χ0v) is 15.3. The second-order valence-corrected chi connectivity index (χ2v) is 6.65. The number of fused-ring (bicyclic) bond motifs is 2. The number of rotatable bonds is 6. The molecule has 4 aromatic rings. The van der Waals surface area contributed by atoms with Gasteiger partial charge in [-0.05, 0) is 24.3 Å². The van der Waals surface area contributed by atoms with Crippen LogP contribution in [0.5, 0.6) is 0 Å². The molecule has 0 saturated heterocycles. The van der Waals surface area contributed by atoms with Crippen LogP contribution in [0.15, 0.2) is 48.5 Å². The zero-order chi connectivity index (χ0) is 18.1. The molecule has 0 unspecified atom stereocenters. The van der Waals surface area contributed by atoms with E-state index >= 15 is 0 Å². The van der Waals surface area contributed by atoms with Crippen molar-refractivity contribution in [1.82, 2.24) is 24.0 Å². The molecule has 2 aromatic heterocycles. The van der Waals surface area contributed by atoms with Gasteiger partial charge >= 0.3 is 0 Å². The van der Waals surface area contributed by atoms with E-state index in [-0.39, 0.29) is 0 Å². The smallest absolute Gasteiger partial charge is 0.123 e. The molecule has 0 fully saturated rings. The third-order valence-electron chi connectivity index (χ3n) is 4.93. The van der Waals surface area contributed by atoms with Crippen LogP contribution < -0.4 is 5.73 Å². The monoisotopic (exact) mass is 348 g/mol. The van der Waals surface area contributed by atoms with E-state index in [2.05, 4.69) is 52.4 Å². The first-order chi connectivity index (χ1) is 12.7. The number of imidazole rings is 2. The van der Waals surface area contributed by atoms with Crippen LogP contribution in [0.3, 0.4) is 0 Å². The molecule has 0 spiro atoms. The molecule has 2 heterocycles. The summed E-state index contributed by atoms with van der Waals surface area (Å²) in [5, 5.41) is 0. The summed E-state index contributed by atoms with van der Waals surface area (Å²) in [6.07, 6.45) is 0. The van der Waals surface area contributed by atoms with Gasteiger partial charge in [0.05, 0.1) is 35.2 Å². The van der Waals surface area contributed by atoms with Gasteiger partial charge in [0.15, 0.2) is 0 Å². The molecular weight excluding hydrogens is 324 g/mol. The van der Waals surface area contributed by atoms with E-state index in [1.807, 2.05) is 24.3 Å². The topological polar surface area (TPSA) is 64.9 Å². The number of nitrogens with zero attached hydrogens (tertiary/aromatic N) is 5. The normalized spacial score (nSPS) is 11.8. The van der Waals surface area contributed by atoms with Crippen LogP contribution in [-0.2, 0) is 27.2 Å². The highest BCUT2D eigenvalue weighted by atomic mass is 15.2. The van der Waals surface area contributed by atoms with Crippen molar-refractivity contribution in [2.75, 3.05) is 13.1 Å². The van der Waals surface area contributed by atoms with E-state index in [4.69, 9.17) is 15.7 Å². The van der Waals surface area contributed by atoms with Gasteiger partial charge in [-0.15, -0.1) is 0 Å². The van der Waals surface area contributed by atoms with Crippen molar-refractivity contribution >= 4 is 22.1 Å². The highest BCUT2D eigenvalue weighted by molar-refractivity contribution is 5.76. The molecule has 0 atom stereocenters. The Labute approximate surface area is 152 Å². The summed E-state index contributed by atoms with van der Waals surface area (Å²) in [5.41, 5.74) is 10.2. The van der Waals surface area contributed by atoms with Gasteiger partial charge in [0.25, 0.3) is 0 Å². The van der Waals surface area contributed by atoms with Gasteiger partial charge in [0, 0.05) is 27.2 Å². The fourth-order valence-corrected chi connectivity index (χ4v) is 3.47. The summed E-state index contributed by atoms with van der Waals surface area (Å²) in [6, 6.07) is 16.5. The molecular formula is C20H24N6. The molecule has 0 aliphatic rings. The summed E-state index contributed by atoms with van der Waals surface area (Å²) < 4.78 is 4.32. The van der Waals surface area contributed by atoms with Crippen LogP contribution in [0, 0.1) is 0 Å². The van der Waals surface area contributed by atoms with Gasteiger partial charge in [0.2, 0.25) is 0 Å². The second kappa shape index (κ2) is 6.90. The molecule has 0 amide bonds. The van der Waals surface area contributed by atoms with Crippen molar-refractivity contribution in [3.63, 3.8) is 0 Å². The average molecular weight is 348 g/mol. The first-order valence-electron chi connectivity index (χ1n) is 8.90. The number of hydrogen-bond acceptors (Lipinski definition) is 4. The largest absolute Gasteiger partial charge is 0.330 e. The Morgan fingerprint density at radius 3 is 1.69 bits per heavy atom. The summed E-state index contributed by atoms with van der Waals surface area (Å²) in [5.74, 6) is 2.08. The molecule has 26 heavy (non-hydrogen) atoms. The molecule has 6 nitrogen and oxygen atoms in total. The van der Waals surface area contributed by atoms with E-state index in [1.54, 1.807) is 0 Å². The van der Waals surface area contributed by atoms with E-state index in [1.165, 1.54) is 0 Å². The van der Waals surface area contributed by atoms with Gasteiger partial charge in [-0.3, -0.25) is 4.90 Å². The average Bonchev–Trinajstić information content (AvgIpc) is 3.13. The summed E-state index contributed by atoms with van der Waals surface area (Å²) in [7, 11) is 4.14. The Hall–Kier alpha value is -2.70. The Balaban J connectivity index is 1.62. The fraction of sp³-hybridized carbons (Fsp3) is 0.300. The molecule has 2 N–H and O–H groups in total. The van der Waals surface area contributed by atoms with Crippen molar-refractivity contribution < 1.29 is 0 Å². The number of nitrogens with two attached hydrogens (primary N) is 1. The van der Waals surface area contributed by atoms with E-state index in [0.29, 0.717) is 6.54 Å². The lowest BCUT2D eigenvalue weighted by atomic mass is 10.3. The molecule has 2 aromatic carbocycles. The molecule has 6 heteroatoms. The minimum Gasteiger partial charge on any atom is -0.330 e. The van der Waals surface area contributed by atoms with Gasteiger partial charge in [0.1, 0.15) is 11.6 Å². The minimum atomic E-state index is 0.605. The molecule has 0 aliphatic heterocycles. The SMILES string of the molecule is Cn1c(CN(CCN)Cc2nc3ccccc3n2C)nc2ccccc21. The Morgan fingerprint density at radius 2 is 1.27 bits per heavy atom. The van der Waals surface area contributed by atoms with Crippen molar-refractivity contribution in [1.29, 1.82) is 0 Å². The summed E-state index contributed by atoms with van der Waals surface area (Å²) in [4.78, 5) is 11.9. The van der Waals surface area contributed by atoms with Gasteiger partial charge in [-0.1, -0.05) is 24.3 Å². The van der Waals surface area contributed by atoms with Crippen molar-refractivity contribution in [3.05, 3.63) is 60.2 Å². The second-order valence-electron chi connectivity index (χ2n) is 6.65. The van der Waals surface area contributed by atoms with Gasteiger partial charge < -0.3 is 14.9 Å². The number of para-hydroxylation sites is 4. The lowest BCUT2D eigenvalue weighted by Crippen LogP contribution is -2.30. The lowest BCUT2D eigenvalue weighted by molar-refractivity contribution is 0.247. The first-order valence-corrected chi connectivity index (χ1v) is 8.90. The predicted molar refractivity (Wildman–Crippen MR) is 105 cm³/mol. The number of benzene rings is 2. The van der Waals surface area contributed by atoms with E-state index in [9.17, 15) is 0 Å². The predicted octanol–water partition coefficient (Wildman–Crippen LogP) is 2.42. The van der Waals surface area contributed by atoms with Crippen LogP contribution in [0.25, 0.3) is 22.1 Å². The third-order valence-corrected chi connectivity index (χ3v) is 4.93. The van der Waals surface area contributed by atoms with Crippen molar-refractivity contribution in [3.8, 4) is 0 Å². The Kier molecular flexibility index (Phi) is 4.44. The molecule has 0 radical (unpaired) electrons. The van der Waals surface area contributed by atoms with Crippen LogP contribution in [0.2, 0.25) is 0 Å². The lowest BCUT2D eigenvalue weighted by Gasteiger charge is -2.21. The van der Waals surface area contributed by atoms with Crippen LogP contribution in [0.4, 0.5) is 0 Å². The molecule has 134 valence electrons. The standard InChI is InChI=1S/C20H24N6/c1-24-17-9-5-3-7-15(17)22-19(24)13-26(12-11-21)14-20-23-16-8-4-6-10-18(16)25(20)2/h3-10H,11-14,21H2,1-2H3. The summed E-state index contributed by atoms with van der Waals surface area (Å²) >= 11 is 0. The summed E-state index contributed by atoms with van der Waals surface area (Å²) in [6.45, 7) is 2.89.